The summed E-state index contributed by atoms with van der Waals surface area (Å²) in [5.74, 6) is -1.21. The highest BCUT2D eigenvalue weighted by Crippen LogP contribution is 2.23. The molecule has 1 aromatic carbocycles. The molecule has 3 atom stereocenters. The van der Waals surface area contributed by atoms with Gasteiger partial charge in [0.1, 0.15) is 6.04 Å². The Bertz CT molecular complexity index is 1460. The van der Waals surface area contributed by atoms with Crippen molar-refractivity contribution in [2.45, 2.75) is 63.2 Å². The molecular weight excluding hydrogens is 518 g/mol. The highest BCUT2D eigenvalue weighted by Gasteiger charge is 2.38. The van der Waals surface area contributed by atoms with Crippen LogP contribution in [-0.4, -0.2) is 65.0 Å². The molecule has 1 saturated heterocycles. The molecule has 0 spiro atoms. The van der Waals surface area contributed by atoms with E-state index in [9.17, 15) is 22.8 Å². The number of pyridine rings is 2. The first-order valence-electron chi connectivity index (χ1n) is 13.0. The lowest BCUT2D eigenvalue weighted by Crippen LogP contribution is -2.52. The molecule has 0 radical (unpaired) electrons. The van der Waals surface area contributed by atoms with Crippen LogP contribution < -0.4 is 10.6 Å². The molecule has 2 aromatic heterocycles. The number of rotatable bonds is 8. The number of Topliss-reactive ketones (excluding diaryl/α,β-unsaturated/α-hetero) is 1. The zero-order valence-electron chi connectivity index (χ0n) is 22.2. The zero-order chi connectivity index (χ0) is 28.2. The lowest BCUT2D eigenvalue weighted by atomic mass is 10.0. The number of nitrogens with zero attached hydrogens (tertiary/aromatic N) is 3. The molecule has 206 valence electrons. The Kier molecular flexibility index (Phi) is 8.71. The second kappa shape index (κ2) is 12.0. The number of fused-ring (bicyclic) bond motifs is 1. The highest BCUT2D eigenvalue weighted by atomic mass is 32.2. The Morgan fingerprint density at radius 1 is 1.05 bits per heavy atom. The van der Waals surface area contributed by atoms with E-state index in [2.05, 4.69) is 20.6 Å². The fourth-order valence-electron chi connectivity index (χ4n) is 4.66. The van der Waals surface area contributed by atoms with E-state index in [0.29, 0.717) is 18.4 Å². The van der Waals surface area contributed by atoms with Crippen molar-refractivity contribution < 1.29 is 22.8 Å². The van der Waals surface area contributed by atoms with Crippen LogP contribution in [0.3, 0.4) is 0 Å². The third kappa shape index (κ3) is 6.66. The van der Waals surface area contributed by atoms with Crippen LogP contribution >= 0.6 is 0 Å². The summed E-state index contributed by atoms with van der Waals surface area (Å²) in [5, 5.41) is 6.27. The van der Waals surface area contributed by atoms with E-state index in [4.69, 9.17) is 0 Å². The summed E-state index contributed by atoms with van der Waals surface area (Å²) < 4.78 is 27.5. The van der Waals surface area contributed by atoms with Crippen LogP contribution in [0.4, 0.5) is 0 Å². The van der Waals surface area contributed by atoms with Crippen LogP contribution in [0.2, 0.25) is 0 Å². The molecule has 1 aliphatic rings. The minimum Gasteiger partial charge on any atom is -0.344 e. The van der Waals surface area contributed by atoms with Crippen LogP contribution in [0.1, 0.15) is 50.4 Å². The molecule has 0 aliphatic carbocycles. The Morgan fingerprint density at radius 3 is 2.54 bits per heavy atom. The van der Waals surface area contributed by atoms with E-state index in [1.807, 2.05) is 19.9 Å². The summed E-state index contributed by atoms with van der Waals surface area (Å²) in [5.41, 5.74) is 1.15. The van der Waals surface area contributed by atoms with Gasteiger partial charge in [0.05, 0.1) is 18.1 Å². The van der Waals surface area contributed by atoms with Crippen LogP contribution in [0.15, 0.2) is 66.0 Å². The van der Waals surface area contributed by atoms with Crippen LogP contribution in [0.5, 0.6) is 0 Å². The average molecular weight is 552 g/mol. The number of ketones is 1. The van der Waals surface area contributed by atoms with Crippen molar-refractivity contribution in [1.82, 2.24) is 24.9 Å². The van der Waals surface area contributed by atoms with Crippen molar-refractivity contribution in [3.8, 4) is 0 Å². The number of amides is 2. The third-order valence-electron chi connectivity index (χ3n) is 6.79. The van der Waals surface area contributed by atoms with Gasteiger partial charge in [-0.25, -0.2) is 13.4 Å². The molecule has 4 rings (SSSR count). The number of sulfonamides is 1. The molecule has 0 saturated carbocycles. The maximum absolute atomic E-state index is 13.3. The molecule has 3 aromatic rings. The summed E-state index contributed by atoms with van der Waals surface area (Å²) in [6.07, 6.45) is 4.07. The Morgan fingerprint density at radius 2 is 1.82 bits per heavy atom. The molecule has 0 unspecified atom stereocenters. The van der Waals surface area contributed by atoms with Crippen LogP contribution in [0, 0.1) is 5.92 Å². The van der Waals surface area contributed by atoms with Crippen molar-refractivity contribution in [2.75, 3.05) is 6.54 Å². The van der Waals surface area contributed by atoms with E-state index in [0.717, 1.165) is 15.2 Å². The van der Waals surface area contributed by atoms with Crippen molar-refractivity contribution in [1.29, 1.82) is 0 Å². The SMILES string of the molecule is CC(C)C[C@H](NC(=O)c1ccc2ncccc2c1)C(=O)N[C@H]1CC[C@@H](C)N(S(=O)(=O)c2ccccn2)CC1=O. The first kappa shape index (κ1) is 28.3. The standard InChI is InChI=1S/C28H33N5O5S/c1-18(2)15-24(32-27(35)21-10-12-22-20(16-21)7-6-14-29-22)28(36)31-23-11-9-19(3)33(17-25(23)34)39(37,38)26-8-4-5-13-30-26/h4-8,10,12-14,16,18-19,23-24H,9,11,15,17H2,1-3H3,(H,31,36)(H,32,35)/t19-,23+,24+/m1/s1. The molecule has 2 amide bonds. The van der Waals surface area contributed by atoms with Crippen molar-refractivity contribution >= 4 is 38.5 Å². The van der Waals surface area contributed by atoms with E-state index in [1.165, 1.54) is 12.3 Å². The Balaban J connectivity index is 1.47. The predicted octanol–water partition coefficient (Wildman–Crippen LogP) is 2.70. The largest absolute Gasteiger partial charge is 0.344 e. The number of benzene rings is 1. The van der Waals surface area contributed by atoms with E-state index in [1.54, 1.807) is 49.5 Å². The minimum absolute atomic E-state index is 0.0886. The summed E-state index contributed by atoms with van der Waals surface area (Å²) in [4.78, 5) is 47.8. The van der Waals surface area contributed by atoms with E-state index >= 15 is 0 Å². The van der Waals surface area contributed by atoms with Gasteiger partial charge in [-0.1, -0.05) is 26.0 Å². The van der Waals surface area contributed by atoms with Gasteiger partial charge >= 0.3 is 0 Å². The molecular formula is C28H33N5O5S. The summed E-state index contributed by atoms with van der Waals surface area (Å²) in [7, 11) is -3.99. The lowest BCUT2D eigenvalue weighted by molar-refractivity contribution is -0.129. The number of nitrogens with one attached hydrogen (secondary N) is 2. The van der Waals surface area contributed by atoms with Gasteiger partial charge in [-0.05, 0) is 68.5 Å². The smallest absolute Gasteiger partial charge is 0.261 e. The molecule has 2 N–H and O–H groups in total. The van der Waals surface area contributed by atoms with Crippen LogP contribution in [0.25, 0.3) is 10.9 Å². The monoisotopic (exact) mass is 551 g/mol. The van der Waals surface area contributed by atoms with Crippen molar-refractivity contribution in [3.05, 3.63) is 66.5 Å². The van der Waals surface area contributed by atoms with E-state index in [-0.39, 0.29) is 23.9 Å². The first-order valence-corrected chi connectivity index (χ1v) is 14.4. The quantitative estimate of drug-likeness (QED) is 0.439. The topological polar surface area (TPSA) is 138 Å². The predicted molar refractivity (Wildman–Crippen MR) is 146 cm³/mol. The van der Waals surface area contributed by atoms with Gasteiger partial charge in [0.2, 0.25) is 5.91 Å². The molecule has 11 heteroatoms. The van der Waals surface area contributed by atoms with E-state index < -0.39 is 45.7 Å². The second-order valence-electron chi connectivity index (χ2n) is 10.2. The van der Waals surface area contributed by atoms with Crippen molar-refractivity contribution in [3.63, 3.8) is 0 Å². The number of aromatic nitrogens is 2. The zero-order valence-corrected chi connectivity index (χ0v) is 23.0. The van der Waals surface area contributed by atoms with Gasteiger partial charge in [-0.2, -0.15) is 4.31 Å². The summed E-state index contributed by atoms with van der Waals surface area (Å²) >= 11 is 0. The minimum atomic E-state index is -3.99. The number of carbonyl (C=O) groups excluding carboxylic acids is 3. The van der Waals surface area contributed by atoms with Gasteiger partial charge in [0, 0.05) is 29.4 Å². The van der Waals surface area contributed by atoms with Crippen LogP contribution in [-0.2, 0) is 19.6 Å². The van der Waals surface area contributed by atoms with Gasteiger partial charge < -0.3 is 10.6 Å². The first-order chi connectivity index (χ1) is 18.6. The fourth-order valence-corrected chi connectivity index (χ4v) is 6.22. The fraction of sp³-hybridized carbons (Fsp3) is 0.393. The summed E-state index contributed by atoms with van der Waals surface area (Å²) in [6, 6.07) is 11.1. The second-order valence-corrected chi connectivity index (χ2v) is 12.1. The van der Waals surface area contributed by atoms with Gasteiger partial charge in [0.15, 0.2) is 10.8 Å². The molecule has 3 heterocycles. The molecule has 1 aliphatic heterocycles. The normalized spacial score (nSPS) is 19.4. The number of carbonyl (C=O) groups is 3. The Labute approximate surface area is 228 Å². The van der Waals surface area contributed by atoms with Crippen molar-refractivity contribution in [2.24, 2.45) is 5.92 Å². The maximum Gasteiger partial charge on any atom is 0.261 e. The number of hydrogen-bond acceptors (Lipinski definition) is 7. The lowest BCUT2D eigenvalue weighted by Gasteiger charge is -2.25. The van der Waals surface area contributed by atoms with Gasteiger partial charge in [0.25, 0.3) is 15.9 Å². The molecule has 39 heavy (non-hydrogen) atoms. The summed E-state index contributed by atoms with van der Waals surface area (Å²) in [6.45, 7) is 5.23. The average Bonchev–Trinajstić information content (AvgIpc) is 3.06. The third-order valence-corrected chi connectivity index (χ3v) is 8.66. The maximum atomic E-state index is 13.3. The molecule has 10 nitrogen and oxygen atoms in total. The molecule has 0 bridgehead atoms. The van der Waals surface area contributed by atoms with Gasteiger partial charge in [-0.15, -0.1) is 0 Å². The Hall–Kier alpha value is -3.70. The number of hydrogen-bond donors (Lipinski definition) is 2. The highest BCUT2D eigenvalue weighted by molar-refractivity contribution is 7.89. The molecule has 1 fully saturated rings. The van der Waals surface area contributed by atoms with Gasteiger partial charge in [-0.3, -0.25) is 19.4 Å².